The third-order valence-electron chi connectivity index (χ3n) is 3.81. The van der Waals surface area contributed by atoms with Crippen molar-refractivity contribution < 1.29 is 9.59 Å². The van der Waals surface area contributed by atoms with E-state index in [1.165, 1.54) is 12.8 Å². The van der Waals surface area contributed by atoms with Crippen LogP contribution in [0.2, 0.25) is 0 Å². The van der Waals surface area contributed by atoms with E-state index >= 15 is 0 Å². The van der Waals surface area contributed by atoms with Gasteiger partial charge in [-0.05, 0) is 37.8 Å². The third-order valence-corrected chi connectivity index (χ3v) is 3.81. The van der Waals surface area contributed by atoms with E-state index in [4.69, 9.17) is 0 Å². The number of hydrogen-bond acceptors (Lipinski definition) is 3. The number of amides is 2. The zero-order chi connectivity index (χ0) is 14.3. The lowest BCUT2D eigenvalue weighted by Gasteiger charge is -2.28. The fourth-order valence-corrected chi connectivity index (χ4v) is 2.43. The molecule has 2 unspecified atom stereocenters. The Morgan fingerprint density at radius 2 is 2.16 bits per heavy atom. The Bertz CT molecular complexity index is 299. The first kappa shape index (κ1) is 16.0. The van der Waals surface area contributed by atoms with Crippen LogP contribution >= 0.6 is 0 Å². The summed E-state index contributed by atoms with van der Waals surface area (Å²) in [5, 5.41) is 6.21. The van der Waals surface area contributed by atoms with Gasteiger partial charge in [0.2, 0.25) is 11.8 Å². The van der Waals surface area contributed by atoms with Crippen molar-refractivity contribution >= 4 is 11.8 Å². The highest BCUT2D eigenvalue weighted by molar-refractivity contribution is 5.78. The molecule has 1 fully saturated rings. The number of nitrogens with one attached hydrogen (secondary N) is 2. The number of piperidine rings is 1. The summed E-state index contributed by atoms with van der Waals surface area (Å²) in [5.74, 6) is 1.11. The molecule has 1 saturated heterocycles. The topological polar surface area (TPSA) is 61.4 Å². The summed E-state index contributed by atoms with van der Waals surface area (Å²) < 4.78 is 0. The van der Waals surface area contributed by atoms with Crippen LogP contribution in [-0.4, -0.2) is 50.4 Å². The summed E-state index contributed by atoms with van der Waals surface area (Å²) in [6.07, 6.45) is 3.34. The Kier molecular flexibility index (Phi) is 6.84. The van der Waals surface area contributed by atoms with Crippen molar-refractivity contribution in [3.05, 3.63) is 0 Å². The lowest BCUT2D eigenvalue weighted by molar-refractivity contribution is -0.128. The van der Waals surface area contributed by atoms with E-state index in [1.807, 2.05) is 0 Å². The van der Waals surface area contributed by atoms with E-state index in [-0.39, 0.29) is 11.8 Å². The molecule has 1 rings (SSSR count). The first-order valence-corrected chi connectivity index (χ1v) is 7.18. The van der Waals surface area contributed by atoms with Gasteiger partial charge in [0.05, 0.1) is 0 Å². The Hall–Kier alpha value is -1.10. The highest BCUT2D eigenvalue weighted by Gasteiger charge is 2.21. The number of hydrogen-bond donors (Lipinski definition) is 2. The number of carbonyl (C=O) groups is 2. The third kappa shape index (κ3) is 6.05. The second-order valence-corrected chi connectivity index (χ2v) is 5.68. The predicted molar refractivity (Wildman–Crippen MR) is 75.7 cm³/mol. The molecular weight excluding hydrogens is 242 g/mol. The van der Waals surface area contributed by atoms with Gasteiger partial charge in [-0.2, -0.15) is 0 Å². The van der Waals surface area contributed by atoms with Crippen LogP contribution in [0.5, 0.6) is 0 Å². The smallest absolute Gasteiger partial charge is 0.223 e. The van der Waals surface area contributed by atoms with E-state index in [9.17, 15) is 9.59 Å². The van der Waals surface area contributed by atoms with Crippen LogP contribution in [0.1, 0.15) is 32.6 Å². The zero-order valence-corrected chi connectivity index (χ0v) is 12.4. The molecule has 0 bridgehead atoms. The van der Waals surface area contributed by atoms with Gasteiger partial charge in [-0.1, -0.05) is 6.92 Å². The molecule has 5 nitrogen and oxygen atoms in total. The molecule has 2 N–H and O–H groups in total. The summed E-state index contributed by atoms with van der Waals surface area (Å²) in [5.41, 5.74) is 0. The van der Waals surface area contributed by atoms with Gasteiger partial charge < -0.3 is 15.5 Å². The van der Waals surface area contributed by atoms with Gasteiger partial charge in [-0.3, -0.25) is 9.59 Å². The maximum absolute atomic E-state index is 11.8. The van der Waals surface area contributed by atoms with Gasteiger partial charge in [0.1, 0.15) is 0 Å². The Balaban J connectivity index is 2.17. The van der Waals surface area contributed by atoms with E-state index in [2.05, 4.69) is 17.6 Å². The van der Waals surface area contributed by atoms with E-state index in [0.29, 0.717) is 31.2 Å². The van der Waals surface area contributed by atoms with Crippen molar-refractivity contribution in [2.24, 2.45) is 11.8 Å². The molecular formula is C14H27N3O2. The van der Waals surface area contributed by atoms with Crippen LogP contribution in [0.4, 0.5) is 0 Å². The molecule has 0 spiro atoms. The predicted octanol–water partition coefficient (Wildman–Crippen LogP) is 0.607. The molecule has 1 heterocycles. The molecule has 0 aromatic rings. The molecule has 0 aromatic heterocycles. The van der Waals surface area contributed by atoms with Crippen LogP contribution in [0.25, 0.3) is 0 Å². The van der Waals surface area contributed by atoms with Gasteiger partial charge >= 0.3 is 0 Å². The van der Waals surface area contributed by atoms with E-state index < -0.39 is 0 Å². The highest BCUT2D eigenvalue weighted by Crippen LogP contribution is 2.22. The molecule has 1 aliphatic heterocycles. The Labute approximate surface area is 116 Å². The zero-order valence-electron chi connectivity index (χ0n) is 12.4. The summed E-state index contributed by atoms with van der Waals surface area (Å²) in [7, 11) is 3.45. The quantitative estimate of drug-likeness (QED) is 0.742. The minimum atomic E-state index is 0.0461. The van der Waals surface area contributed by atoms with Gasteiger partial charge in [-0.25, -0.2) is 0 Å². The van der Waals surface area contributed by atoms with Crippen molar-refractivity contribution in [1.29, 1.82) is 0 Å². The molecule has 0 aliphatic carbocycles. The molecule has 110 valence electrons. The number of rotatable bonds is 6. The van der Waals surface area contributed by atoms with Crippen molar-refractivity contribution in [1.82, 2.24) is 15.5 Å². The summed E-state index contributed by atoms with van der Waals surface area (Å²) in [4.78, 5) is 24.7. The molecule has 0 radical (unpaired) electrons. The number of carbonyl (C=O) groups excluding carboxylic acids is 2. The van der Waals surface area contributed by atoms with E-state index in [1.54, 1.807) is 19.0 Å². The number of nitrogens with zero attached hydrogens (tertiary/aromatic N) is 1. The highest BCUT2D eigenvalue weighted by atomic mass is 16.2. The minimum Gasteiger partial charge on any atom is -0.356 e. The molecule has 2 atom stereocenters. The SMILES string of the molecule is CC(CC(=O)NCCC(=O)N(C)C)C1CCCNC1. The van der Waals surface area contributed by atoms with Gasteiger partial charge in [-0.15, -0.1) is 0 Å². The monoisotopic (exact) mass is 269 g/mol. The molecule has 0 aromatic carbocycles. The molecule has 2 amide bonds. The Morgan fingerprint density at radius 1 is 1.42 bits per heavy atom. The van der Waals surface area contributed by atoms with Crippen LogP contribution in [0.3, 0.4) is 0 Å². The standard InChI is InChI=1S/C14H27N3O2/c1-11(12-5-4-7-15-10-12)9-13(18)16-8-6-14(19)17(2)3/h11-12,15H,4-10H2,1-3H3,(H,16,18). The minimum absolute atomic E-state index is 0.0461. The van der Waals surface area contributed by atoms with Crippen molar-refractivity contribution in [2.75, 3.05) is 33.7 Å². The maximum Gasteiger partial charge on any atom is 0.223 e. The molecule has 1 aliphatic rings. The van der Waals surface area contributed by atoms with Gasteiger partial charge in [0.25, 0.3) is 0 Å². The van der Waals surface area contributed by atoms with Crippen LogP contribution in [-0.2, 0) is 9.59 Å². The van der Waals surface area contributed by atoms with E-state index in [0.717, 1.165) is 13.1 Å². The summed E-state index contributed by atoms with van der Waals surface area (Å²) >= 11 is 0. The fraction of sp³-hybridized carbons (Fsp3) is 0.857. The van der Waals surface area contributed by atoms with Gasteiger partial charge in [0, 0.05) is 33.5 Å². The first-order chi connectivity index (χ1) is 9.00. The normalized spacial score (nSPS) is 20.7. The van der Waals surface area contributed by atoms with Crippen molar-refractivity contribution in [2.45, 2.75) is 32.6 Å². The molecule has 19 heavy (non-hydrogen) atoms. The summed E-state index contributed by atoms with van der Waals surface area (Å²) in [6.45, 7) is 4.70. The summed E-state index contributed by atoms with van der Waals surface area (Å²) in [6, 6.07) is 0. The average molecular weight is 269 g/mol. The second-order valence-electron chi connectivity index (χ2n) is 5.68. The van der Waals surface area contributed by atoms with Crippen LogP contribution in [0.15, 0.2) is 0 Å². The van der Waals surface area contributed by atoms with Crippen LogP contribution < -0.4 is 10.6 Å². The van der Waals surface area contributed by atoms with Crippen LogP contribution in [0, 0.1) is 11.8 Å². The second kappa shape index (κ2) is 8.15. The van der Waals surface area contributed by atoms with Crippen molar-refractivity contribution in [3.8, 4) is 0 Å². The van der Waals surface area contributed by atoms with Crippen molar-refractivity contribution in [3.63, 3.8) is 0 Å². The lowest BCUT2D eigenvalue weighted by Crippen LogP contribution is -2.36. The average Bonchev–Trinajstić information content (AvgIpc) is 2.39. The lowest BCUT2D eigenvalue weighted by atomic mass is 9.85. The molecule has 0 saturated carbocycles. The Morgan fingerprint density at radius 3 is 2.74 bits per heavy atom. The maximum atomic E-state index is 11.8. The van der Waals surface area contributed by atoms with Gasteiger partial charge in [0.15, 0.2) is 0 Å². The first-order valence-electron chi connectivity index (χ1n) is 7.18. The fourth-order valence-electron chi connectivity index (χ4n) is 2.43. The molecule has 5 heteroatoms. The largest absolute Gasteiger partial charge is 0.356 e.